The van der Waals surface area contributed by atoms with Crippen molar-refractivity contribution in [1.29, 1.82) is 0 Å². The molecule has 0 unspecified atom stereocenters. The second kappa shape index (κ2) is 6.91. The lowest BCUT2D eigenvalue weighted by atomic mass is 10.1. The number of hydrogen-bond donors (Lipinski definition) is 2. The Morgan fingerprint density at radius 1 is 1.42 bits per heavy atom. The Hall–Kier alpha value is -1.07. The summed E-state index contributed by atoms with van der Waals surface area (Å²) in [6, 6.07) is 6.30. The van der Waals surface area contributed by atoms with Gasteiger partial charge in [0, 0.05) is 37.2 Å². The second-order valence-electron chi connectivity index (χ2n) is 4.79. The maximum Gasteiger partial charge on any atom is 0.317 e. The lowest BCUT2D eigenvalue weighted by Gasteiger charge is -2.27. The summed E-state index contributed by atoms with van der Waals surface area (Å²) in [6.07, 6.45) is 0.864. The number of nitrogens with one attached hydrogen (secondary N) is 2. The van der Waals surface area contributed by atoms with E-state index in [1.54, 1.807) is 0 Å². The first-order chi connectivity index (χ1) is 9.16. The Labute approximate surface area is 122 Å². The van der Waals surface area contributed by atoms with Gasteiger partial charge in [-0.25, -0.2) is 4.79 Å². The molecule has 2 rings (SSSR count). The average Bonchev–Trinajstić information content (AvgIpc) is 2.43. The first-order valence-corrected chi connectivity index (χ1v) is 7.44. The van der Waals surface area contributed by atoms with Crippen LogP contribution in [-0.4, -0.2) is 43.7 Å². The molecule has 0 aliphatic carbocycles. The summed E-state index contributed by atoms with van der Waals surface area (Å²) in [5.74, 6) is 0. The molecule has 104 valence electrons. The molecule has 1 aromatic rings. The highest BCUT2D eigenvalue weighted by molar-refractivity contribution is 9.10. The van der Waals surface area contributed by atoms with Crippen LogP contribution >= 0.6 is 15.9 Å². The number of halogens is 1. The highest BCUT2D eigenvalue weighted by Gasteiger charge is 2.15. The molecule has 0 aromatic heterocycles. The first kappa shape index (κ1) is 14.3. The van der Waals surface area contributed by atoms with Gasteiger partial charge >= 0.3 is 6.03 Å². The molecule has 0 radical (unpaired) electrons. The maximum atomic E-state index is 11.9. The smallest absolute Gasteiger partial charge is 0.317 e. The minimum atomic E-state index is 0.0501. The van der Waals surface area contributed by atoms with Gasteiger partial charge in [-0.1, -0.05) is 22.0 Å². The molecule has 5 heteroatoms. The first-order valence-electron chi connectivity index (χ1n) is 6.65. The standard InChI is InChI=1S/C14H20BrN3O/c1-11-2-3-13(15)10-12(11)4-5-17-14(19)18-8-6-16-7-9-18/h2-3,10,16H,4-9H2,1H3,(H,17,19). The maximum absolute atomic E-state index is 11.9. The summed E-state index contributed by atoms with van der Waals surface area (Å²) in [6.45, 7) is 6.14. The van der Waals surface area contributed by atoms with Crippen molar-refractivity contribution in [2.75, 3.05) is 32.7 Å². The number of carbonyl (C=O) groups is 1. The van der Waals surface area contributed by atoms with E-state index in [2.05, 4.69) is 45.6 Å². The van der Waals surface area contributed by atoms with Gasteiger partial charge in [-0.2, -0.15) is 0 Å². The monoisotopic (exact) mass is 325 g/mol. The lowest BCUT2D eigenvalue weighted by molar-refractivity contribution is 0.190. The van der Waals surface area contributed by atoms with Crippen LogP contribution in [-0.2, 0) is 6.42 Å². The summed E-state index contributed by atoms with van der Waals surface area (Å²) in [7, 11) is 0. The van der Waals surface area contributed by atoms with Crippen molar-refractivity contribution in [3.8, 4) is 0 Å². The number of rotatable bonds is 3. The Morgan fingerprint density at radius 2 is 2.16 bits per heavy atom. The largest absolute Gasteiger partial charge is 0.338 e. The highest BCUT2D eigenvalue weighted by atomic mass is 79.9. The molecule has 0 atom stereocenters. The van der Waals surface area contributed by atoms with E-state index in [-0.39, 0.29) is 6.03 Å². The van der Waals surface area contributed by atoms with Crippen molar-refractivity contribution in [3.05, 3.63) is 33.8 Å². The third-order valence-corrected chi connectivity index (χ3v) is 3.88. The molecule has 1 aliphatic rings. The van der Waals surface area contributed by atoms with Gasteiger partial charge in [0.25, 0.3) is 0 Å². The molecular weight excluding hydrogens is 306 g/mol. The van der Waals surface area contributed by atoms with Crippen LogP contribution in [0.3, 0.4) is 0 Å². The van der Waals surface area contributed by atoms with Gasteiger partial charge in [0.2, 0.25) is 0 Å². The molecule has 2 amide bonds. The van der Waals surface area contributed by atoms with Crippen LogP contribution < -0.4 is 10.6 Å². The quantitative estimate of drug-likeness (QED) is 0.891. The lowest BCUT2D eigenvalue weighted by Crippen LogP contribution is -2.50. The average molecular weight is 326 g/mol. The van der Waals surface area contributed by atoms with E-state index >= 15 is 0 Å². The number of hydrogen-bond acceptors (Lipinski definition) is 2. The molecule has 0 saturated carbocycles. The number of nitrogens with zero attached hydrogens (tertiary/aromatic N) is 1. The van der Waals surface area contributed by atoms with Crippen LogP contribution in [0.2, 0.25) is 0 Å². The Morgan fingerprint density at radius 3 is 2.89 bits per heavy atom. The molecule has 1 heterocycles. The zero-order valence-electron chi connectivity index (χ0n) is 11.2. The molecular formula is C14H20BrN3O. The number of aryl methyl sites for hydroxylation is 1. The minimum absolute atomic E-state index is 0.0501. The van der Waals surface area contributed by atoms with E-state index in [0.29, 0.717) is 6.54 Å². The van der Waals surface area contributed by atoms with E-state index in [9.17, 15) is 4.79 Å². The number of urea groups is 1. The van der Waals surface area contributed by atoms with Crippen molar-refractivity contribution in [2.45, 2.75) is 13.3 Å². The van der Waals surface area contributed by atoms with Gasteiger partial charge in [-0.05, 0) is 36.6 Å². The second-order valence-corrected chi connectivity index (χ2v) is 5.71. The summed E-state index contributed by atoms with van der Waals surface area (Å²) in [4.78, 5) is 13.8. The predicted octanol–water partition coefficient (Wildman–Crippen LogP) is 1.91. The van der Waals surface area contributed by atoms with Crippen molar-refractivity contribution in [2.24, 2.45) is 0 Å². The van der Waals surface area contributed by atoms with Crippen molar-refractivity contribution >= 4 is 22.0 Å². The third-order valence-electron chi connectivity index (χ3n) is 3.39. The number of carbonyl (C=O) groups excluding carboxylic acids is 1. The topological polar surface area (TPSA) is 44.4 Å². The molecule has 1 aliphatic heterocycles. The molecule has 0 bridgehead atoms. The van der Waals surface area contributed by atoms with E-state index in [0.717, 1.165) is 37.1 Å². The minimum Gasteiger partial charge on any atom is -0.338 e. The van der Waals surface area contributed by atoms with Crippen molar-refractivity contribution in [1.82, 2.24) is 15.5 Å². The van der Waals surface area contributed by atoms with Gasteiger partial charge in [0.05, 0.1) is 0 Å². The molecule has 1 fully saturated rings. The van der Waals surface area contributed by atoms with Crippen molar-refractivity contribution in [3.63, 3.8) is 0 Å². The predicted molar refractivity (Wildman–Crippen MR) is 80.4 cm³/mol. The molecule has 1 saturated heterocycles. The fourth-order valence-corrected chi connectivity index (χ4v) is 2.60. The van der Waals surface area contributed by atoms with Gasteiger partial charge in [0.15, 0.2) is 0 Å². The van der Waals surface area contributed by atoms with Crippen LogP contribution in [0, 0.1) is 6.92 Å². The molecule has 19 heavy (non-hydrogen) atoms. The fraction of sp³-hybridized carbons (Fsp3) is 0.500. The van der Waals surface area contributed by atoms with E-state index in [1.807, 2.05) is 11.0 Å². The highest BCUT2D eigenvalue weighted by Crippen LogP contribution is 2.16. The fourth-order valence-electron chi connectivity index (χ4n) is 2.19. The van der Waals surface area contributed by atoms with E-state index in [1.165, 1.54) is 11.1 Å². The number of piperazine rings is 1. The number of benzene rings is 1. The van der Waals surface area contributed by atoms with Crippen LogP contribution in [0.15, 0.2) is 22.7 Å². The van der Waals surface area contributed by atoms with Crippen LogP contribution in [0.25, 0.3) is 0 Å². The molecule has 4 nitrogen and oxygen atoms in total. The summed E-state index contributed by atoms with van der Waals surface area (Å²) < 4.78 is 1.08. The van der Waals surface area contributed by atoms with Crippen LogP contribution in [0.4, 0.5) is 4.79 Å². The Bertz CT molecular complexity index is 444. The SMILES string of the molecule is Cc1ccc(Br)cc1CCNC(=O)N1CCNCC1. The normalized spacial score (nSPS) is 15.4. The zero-order valence-corrected chi connectivity index (χ0v) is 12.8. The Kier molecular flexibility index (Phi) is 5.22. The van der Waals surface area contributed by atoms with Crippen LogP contribution in [0.1, 0.15) is 11.1 Å². The van der Waals surface area contributed by atoms with E-state index in [4.69, 9.17) is 0 Å². The van der Waals surface area contributed by atoms with Crippen LogP contribution in [0.5, 0.6) is 0 Å². The molecule has 0 spiro atoms. The zero-order chi connectivity index (χ0) is 13.7. The molecule has 2 N–H and O–H groups in total. The Balaban J connectivity index is 1.79. The third kappa shape index (κ3) is 4.21. The van der Waals surface area contributed by atoms with Gasteiger partial charge in [-0.15, -0.1) is 0 Å². The van der Waals surface area contributed by atoms with Gasteiger partial charge < -0.3 is 15.5 Å². The summed E-state index contributed by atoms with van der Waals surface area (Å²) in [5, 5.41) is 6.23. The summed E-state index contributed by atoms with van der Waals surface area (Å²) in [5.41, 5.74) is 2.54. The van der Waals surface area contributed by atoms with E-state index < -0.39 is 0 Å². The van der Waals surface area contributed by atoms with Gasteiger partial charge in [0.1, 0.15) is 0 Å². The summed E-state index contributed by atoms with van der Waals surface area (Å²) >= 11 is 3.48. The number of amides is 2. The molecule has 1 aromatic carbocycles. The van der Waals surface area contributed by atoms with Gasteiger partial charge in [-0.3, -0.25) is 0 Å². The van der Waals surface area contributed by atoms with Crippen molar-refractivity contribution < 1.29 is 4.79 Å².